The summed E-state index contributed by atoms with van der Waals surface area (Å²) in [6.45, 7) is 2.15. The molecule has 0 spiro atoms. The molecular weight excluding hydrogens is 374 g/mol. The first-order chi connectivity index (χ1) is 13.2. The van der Waals surface area contributed by atoms with Crippen molar-refractivity contribution < 1.29 is 9.59 Å². The van der Waals surface area contributed by atoms with E-state index in [0.29, 0.717) is 0 Å². The van der Waals surface area contributed by atoms with E-state index in [4.69, 9.17) is 17.3 Å². The number of urea groups is 1. The van der Waals surface area contributed by atoms with Crippen LogP contribution in [0.3, 0.4) is 0 Å². The Labute approximate surface area is 172 Å². The number of nitrogens with two attached hydrogens (primary N) is 1. The highest BCUT2D eigenvalue weighted by Crippen LogP contribution is 2.66. The van der Waals surface area contributed by atoms with Crippen molar-refractivity contribution in [3.8, 4) is 0 Å². The van der Waals surface area contributed by atoms with E-state index in [1.54, 1.807) is 7.05 Å². The molecule has 0 heterocycles. The van der Waals surface area contributed by atoms with E-state index in [2.05, 4.69) is 24.4 Å². The maximum Gasteiger partial charge on any atom is 0.314 e. The second kappa shape index (κ2) is 6.94. The van der Waals surface area contributed by atoms with E-state index in [0.717, 1.165) is 23.3 Å². The number of nitrogens with zero attached hydrogens (tertiary/aromatic N) is 1. The first kappa shape index (κ1) is 19.6. The van der Waals surface area contributed by atoms with Crippen molar-refractivity contribution in [3.63, 3.8) is 0 Å². The lowest BCUT2D eigenvalue weighted by molar-refractivity contribution is -0.127. The van der Waals surface area contributed by atoms with Crippen molar-refractivity contribution >= 4 is 23.5 Å². The number of primary amides is 1. The monoisotopic (exact) mass is 403 g/mol. The lowest BCUT2D eigenvalue weighted by atomic mass is 9.41. The maximum absolute atomic E-state index is 12.5. The van der Waals surface area contributed by atoms with Crippen LogP contribution in [0.1, 0.15) is 51.0 Å². The molecule has 0 radical (unpaired) electrons. The molecule has 3 amide bonds. The van der Waals surface area contributed by atoms with Gasteiger partial charge in [-0.2, -0.15) is 0 Å². The van der Waals surface area contributed by atoms with Crippen LogP contribution in [0, 0.1) is 17.3 Å². The largest absolute Gasteiger partial charge is 0.352 e. The summed E-state index contributed by atoms with van der Waals surface area (Å²) in [5.74, 6) is 1.32. The van der Waals surface area contributed by atoms with Crippen molar-refractivity contribution in [2.75, 3.05) is 13.6 Å². The predicted molar refractivity (Wildman–Crippen MR) is 110 cm³/mol. The molecule has 28 heavy (non-hydrogen) atoms. The number of rotatable bonds is 5. The molecule has 3 unspecified atom stereocenters. The number of likely N-dealkylation sites (N-methyl/N-ethyl adjacent to an activating group) is 1. The fourth-order valence-electron chi connectivity index (χ4n) is 6.71. The third-order valence-electron chi connectivity index (χ3n) is 7.62. The highest BCUT2D eigenvalue weighted by Gasteiger charge is 2.59. The Morgan fingerprint density at radius 2 is 1.82 bits per heavy atom. The Balaban J connectivity index is 1.55. The normalized spacial score (nSPS) is 34.1. The third-order valence-corrected chi connectivity index (χ3v) is 7.87. The van der Waals surface area contributed by atoms with Crippen LogP contribution in [0.2, 0.25) is 5.02 Å². The second-order valence-electron chi connectivity index (χ2n) is 9.59. The number of benzene rings is 1. The minimum Gasteiger partial charge on any atom is -0.352 e. The molecule has 5 nitrogen and oxygen atoms in total. The average molecular weight is 404 g/mol. The molecule has 6 heteroatoms. The molecule has 5 rings (SSSR count). The lowest BCUT2D eigenvalue weighted by Gasteiger charge is -2.64. The Bertz CT molecular complexity index is 764. The van der Waals surface area contributed by atoms with Gasteiger partial charge in [0.25, 0.3) is 0 Å². The van der Waals surface area contributed by atoms with Gasteiger partial charge < -0.3 is 16.0 Å². The molecule has 152 valence electrons. The summed E-state index contributed by atoms with van der Waals surface area (Å²) in [6, 6.07) is 7.92. The van der Waals surface area contributed by atoms with E-state index in [1.807, 2.05) is 12.1 Å². The molecule has 3 atom stereocenters. The Hall–Kier alpha value is -1.75. The molecule has 4 aliphatic rings. The Morgan fingerprint density at radius 1 is 1.21 bits per heavy atom. The highest BCUT2D eigenvalue weighted by molar-refractivity contribution is 6.30. The molecule has 0 aliphatic heterocycles. The number of hydrogen-bond donors (Lipinski definition) is 2. The van der Waals surface area contributed by atoms with E-state index in [9.17, 15) is 9.59 Å². The molecule has 4 fully saturated rings. The van der Waals surface area contributed by atoms with Crippen LogP contribution in [-0.4, -0.2) is 36.5 Å². The fraction of sp³-hybridized carbons (Fsp3) is 0.636. The molecule has 1 aromatic carbocycles. The number of halogens is 1. The van der Waals surface area contributed by atoms with Gasteiger partial charge >= 0.3 is 6.03 Å². The molecule has 4 bridgehead atoms. The van der Waals surface area contributed by atoms with Crippen molar-refractivity contribution in [3.05, 3.63) is 34.9 Å². The quantitative estimate of drug-likeness (QED) is 0.786. The summed E-state index contributed by atoms with van der Waals surface area (Å²) >= 11 is 6.13. The third kappa shape index (κ3) is 3.38. The first-order valence-electron chi connectivity index (χ1n) is 10.3. The zero-order valence-corrected chi connectivity index (χ0v) is 17.5. The standard InChI is InChI=1S/C22H30ClN3O2/c1-14(25-19(27)12-26(2)20(24)28)21-8-15-7-16(9-21)11-22(10-15,13-21)17-3-5-18(23)6-4-17/h3-6,14-16H,7-13H2,1-2H3,(H2,24,28)(H,25,27). The van der Waals surface area contributed by atoms with Gasteiger partial charge in [0.1, 0.15) is 6.54 Å². The highest BCUT2D eigenvalue weighted by atomic mass is 35.5. The second-order valence-corrected chi connectivity index (χ2v) is 10.0. The summed E-state index contributed by atoms with van der Waals surface area (Å²) < 4.78 is 0. The SMILES string of the molecule is CC(NC(=O)CN(C)C(N)=O)C12CC3CC(CC(c4ccc(Cl)cc4)(C3)C1)C2. The van der Waals surface area contributed by atoms with Gasteiger partial charge in [-0.1, -0.05) is 23.7 Å². The van der Waals surface area contributed by atoms with Crippen molar-refractivity contribution in [1.29, 1.82) is 0 Å². The molecule has 1 aromatic rings. The van der Waals surface area contributed by atoms with Crippen LogP contribution in [0.15, 0.2) is 24.3 Å². The van der Waals surface area contributed by atoms with Crippen LogP contribution in [0.25, 0.3) is 0 Å². The molecule has 4 aliphatic carbocycles. The van der Waals surface area contributed by atoms with Gasteiger partial charge in [-0.25, -0.2) is 4.79 Å². The van der Waals surface area contributed by atoms with Crippen molar-refractivity contribution in [1.82, 2.24) is 10.2 Å². The van der Waals surface area contributed by atoms with Gasteiger partial charge in [-0.05, 0) is 85.8 Å². The number of carbonyl (C=O) groups excluding carboxylic acids is 2. The van der Waals surface area contributed by atoms with E-state index in [1.165, 1.54) is 42.6 Å². The van der Waals surface area contributed by atoms with Crippen molar-refractivity contribution in [2.45, 2.75) is 56.9 Å². The van der Waals surface area contributed by atoms with Gasteiger partial charge in [0.15, 0.2) is 0 Å². The van der Waals surface area contributed by atoms with Crippen LogP contribution in [-0.2, 0) is 10.2 Å². The minimum atomic E-state index is -0.584. The van der Waals surface area contributed by atoms with Crippen LogP contribution < -0.4 is 11.1 Å². The zero-order chi connectivity index (χ0) is 20.1. The predicted octanol–water partition coefficient (Wildman–Crippen LogP) is 3.69. The van der Waals surface area contributed by atoms with E-state index in [-0.39, 0.29) is 29.3 Å². The molecule has 4 saturated carbocycles. The zero-order valence-electron chi connectivity index (χ0n) is 16.7. The first-order valence-corrected chi connectivity index (χ1v) is 10.7. The van der Waals surface area contributed by atoms with Crippen LogP contribution >= 0.6 is 11.6 Å². The minimum absolute atomic E-state index is 0.00490. The van der Waals surface area contributed by atoms with Crippen LogP contribution in [0.4, 0.5) is 4.79 Å². The maximum atomic E-state index is 12.5. The van der Waals surface area contributed by atoms with E-state index >= 15 is 0 Å². The molecular formula is C22H30ClN3O2. The summed E-state index contributed by atoms with van der Waals surface area (Å²) in [6.07, 6.45) is 7.30. The molecule has 3 N–H and O–H groups in total. The molecule has 0 saturated heterocycles. The average Bonchev–Trinajstić information content (AvgIpc) is 2.60. The topological polar surface area (TPSA) is 75.4 Å². The number of carbonyl (C=O) groups is 2. The summed E-state index contributed by atoms with van der Waals surface area (Å²) in [7, 11) is 1.55. The molecule has 0 aromatic heterocycles. The Morgan fingerprint density at radius 3 is 2.39 bits per heavy atom. The van der Waals surface area contributed by atoms with Crippen LogP contribution in [0.5, 0.6) is 0 Å². The summed E-state index contributed by atoms with van der Waals surface area (Å²) in [5.41, 5.74) is 6.99. The smallest absolute Gasteiger partial charge is 0.314 e. The summed E-state index contributed by atoms with van der Waals surface area (Å²) in [4.78, 5) is 24.9. The lowest BCUT2D eigenvalue weighted by Crippen LogP contribution is -2.61. The fourth-order valence-corrected chi connectivity index (χ4v) is 6.84. The number of nitrogens with one attached hydrogen (secondary N) is 1. The van der Waals surface area contributed by atoms with Gasteiger partial charge in [-0.15, -0.1) is 0 Å². The Kier molecular flexibility index (Phi) is 4.85. The number of hydrogen-bond acceptors (Lipinski definition) is 2. The number of amides is 3. The van der Waals surface area contributed by atoms with Gasteiger partial charge in [0.2, 0.25) is 5.91 Å². The van der Waals surface area contributed by atoms with E-state index < -0.39 is 6.03 Å². The van der Waals surface area contributed by atoms with Gasteiger partial charge in [0, 0.05) is 18.1 Å². The van der Waals surface area contributed by atoms with Gasteiger partial charge in [0.05, 0.1) is 0 Å². The van der Waals surface area contributed by atoms with Crippen molar-refractivity contribution in [2.24, 2.45) is 23.0 Å². The summed E-state index contributed by atoms with van der Waals surface area (Å²) in [5, 5.41) is 3.97. The van der Waals surface area contributed by atoms with Gasteiger partial charge in [-0.3, -0.25) is 4.79 Å².